The summed E-state index contributed by atoms with van der Waals surface area (Å²) in [5, 5.41) is 0. The summed E-state index contributed by atoms with van der Waals surface area (Å²) in [6.07, 6.45) is 8.34. The molecule has 5 nitrogen and oxygen atoms in total. The Labute approximate surface area is 147 Å². The molecule has 0 atom stereocenters. The van der Waals surface area contributed by atoms with Crippen LogP contribution >= 0.6 is 0 Å². The molecule has 1 fully saturated rings. The highest BCUT2D eigenvalue weighted by molar-refractivity contribution is 5.95. The van der Waals surface area contributed by atoms with Gasteiger partial charge in [-0.2, -0.15) is 0 Å². The summed E-state index contributed by atoms with van der Waals surface area (Å²) < 4.78 is 0. The van der Waals surface area contributed by atoms with E-state index in [0.29, 0.717) is 13.0 Å². The molecule has 1 aliphatic heterocycles. The standard InChI is InChI=1S/C20H21N3O2/c1-22(15-17-10-12-21-13-11-17)19(24)9-6-16-4-7-18(8-5-16)23-14-2-3-20(23)25/h4-13H,2-3,14-15H2,1H3/b9-6+. The molecule has 25 heavy (non-hydrogen) atoms. The van der Waals surface area contributed by atoms with E-state index < -0.39 is 0 Å². The third-order valence-electron chi connectivity index (χ3n) is 4.24. The molecule has 0 spiro atoms. The van der Waals surface area contributed by atoms with Crippen LogP contribution < -0.4 is 4.90 Å². The van der Waals surface area contributed by atoms with Crippen LogP contribution in [0.1, 0.15) is 24.0 Å². The van der Waals surface area contributed by atoms with Gasteiger partial charge in [-0.25, -0.2) is 0 Å². The molecule has 1 aromatic carbocycles. The van der Waals surface area contributed by atoms with Gasteiger partial charge in [0.25, 0.3) is 0 Å². The first-order chi connectivity index (χ1) is 12.1. The Kier molecular flexibility index (Phi) is 5.23. The van der Waals surface area contributed by atoms with Crippen LogP contribution in [0, 0.1) is 0 Å². The quantitative estimate of drug-likeness (QED) is 0.790. The highest BCUT2D eigenvalue weighted by Crippen LogP contribution is 2.21. The van der Waals surface area contributed by atoms with Crippen molar-refractivity contribution in [2.75, 3.05) is 18.5 Å². The summed E-state index contributed by atoms with van der Waals surface area (Å²) in [6.45, 7) is 1.33. The second-order valence-corrected chi connectivity index (χ2v) is 6.12. The number of amides is 2. The van der Waals surface area contributed by atoms with Crippen molar-refractivity contribution < 1.29 is 9.59 Å². The molecule has 128 valence electrons. The fourth-order valence-corrected chi connectivity index (χ4v) is 2.82. The summed E-state index contributed by atoms with van der Waals surface area (Å²) in [5.41, 5.74) is 2.89. The summed E-state index contributed by atoms with van der Waals surface area (Å²) in [5.74, 6) is 0.117. The van der Waals surface area contributed by atoms with Crippen LogP contribution in [0.2, 0.25) is 0 Å². The molecule has 0 saturated carbocycles. The fraction of sp³-hybridized carbons (Fsp3) is 0.250. The zero-order valence-electron chi connectivity index (χ0n) is 14.3. The van der Waals surface area contributed by atoms with Gasteiger partial charge < -0.3 is 9.80 Å². The van der Waals surface area contributed by atoms with Crippen molar-refractivity contribution >= 4 is 23.6 Å². The van der Waals surface area contributed by atoms with Gasteiger partial charge >= 0.3 is 0 Å². The van der Waals surface area contributed by atoms with E-state index in [4.69, 9.17) is 0 Å². The number of carbonyl (C=O) groups is 2. The van der Waals surface area contributed by atoms with Crippen molar-refractivity contribution in [3.8, 4) is 0 Å². The maximum absolute atomic E-state index is 12.2. The topological polar surface area (TPSA) is 53.5 Å². The number of hydrogen-bond donors (Lipinski definition) is 0. The van der Waals surface area contributed by atoms with Gasteiger partial charge in [0.2, 0.25) is 11.8 Å². The second-order valence-electron chi connectivity index (χ2n) is 6.12. The molecule has 1 aromatic heterocycles. The zero-order valence-corrected chi connectivity index (χ0v) is 14.3. The van der Waals surface area contributed by atoms with Crippen LogP contribution in [0.3, 0.4) is 0 Å². The number of benzene rings is 1. The molecule has 2 amide bonds. The Balaban J connectivity index is 1.59. The highest BCUT2D eigenvalue weighted by atomic mass is 16.2. The largest absolute Gasteiger partial charge is 0.338 e. The molecule has 2 heterocycles. The van der Waals surface area contributed by atoms with E-state index in [1.54, 1.807) is 41.4 Å². The average molecular weight is 335 g/mol. The van der Waals surface area contributed by atoms with E-state index in [0.717, 1.165) is 29.8 Å². The lowest BCUT2D eigenvalue weighted by Crippen LogP contribution is -2.24. The molecule has 0 bridgehead atoms. The van der Waals surface area contributed by atoms with Crippen LogP contribution in [0.25, 0.3) is 6.08 Å². The molecule has 0 aliphatic carbocycles. The minimum absolute atomic E-state index is 0.0596. The first-order valence-corrected chi connectivity index (χ1v) is 8.36. The Morgan fingerprint density at radius 3 is 2.56 bits per heavy atom. The number of pyridine rings is 1. The molecule has 5 heteroatoms. The molecule has 0 N–H and O–H groups in total. The Morgan fingerprint density at radius 1 is 1.20 bits per heavy atom. The number of anilines is 1. The second kappa shape index (κ2) is 7.75. The lowest BCUT2D eigenvalue weighted by atomic mass is 10.1. The van der Waals surface area contributed by atoms with E-state index >= 15 is 0 Å². The molecule has 1 aliphatic rings. The van der Waals surface area contributed by atoms with Gasteiger partial charge in [-0.15, -0.1) is 0 Å². The van der Waals surface area contributed by atoms with Gasteiger partial charge in [0, 0.05) is 50.7 Å². The van der Waals surface area contributed by atoms with Crippen LogP contribution in [-0.2, 0) is 16.1 Å². The average Bonchev–Trinajstić information content (AvgIpc) is 3.07. The summed E-state index contributed by atoms with van der Waals surface area (Å²) >= 11 is 0. The first-order valence-electron chi connectivity index (χ1n) is 8.36. The fourth-order valence-electron chi connectivity index (χ4n) is 2.82. The molecule has 3 rings (SSSR count). The summed E-state index contributed by atoms with van der Waals surface area (Å²) in [7, 11) is 1.77. The molecule has 0 unspecified atom stereocenters. The van der Waals surface area contributed by atoms with Crippen molar-refractivity contribution in [3.05, 3.63) is 66.0 Å². The highest BCUT2D eigenvalue weighted by Gasteiger charge is 2.21. The SMILES string of the molecule is CN(Cc1ccncc1)C(=O)/C=C/c1ccc(N2CCCC2=O)cc1. The van der Waals surface area contributed by atoms with Gasteiger partial charge in [0.05, 0.1) is 0 Å². The number of likely N-dealkylation sites (N-methyl/N-ethyl adjacent to an activating group) is 1. The number of aromatic nitrogens is 1. The Hall–Kier alpha value is -2.95. The van der Waals surface area contributed by atoms with Crippen LogP contribution in [-0.4, -0.2) is 35.3 Å². The van der Waals surface area contributed by atoms with Crippen LogP contribution in [0.15, 0.2) is 54.9 Å². The molecular formula is C20H21N3O2. The van der Waals surface area contributed by atoms with Gasteiger partial charge in [0.15, 0.2) is 0 Å². The van der Waals surface area contributed by atoms with Crippen molar-refractivity contribution in [1.82, 2.24) is 9.88 Å². The van der Waals surface area contributed by atoms with Gasteiger partial charge in [-0.3, -0.25) is 14.6 Å². The molecule has 2 aromatic rings. The third-order valence-corrected chi connectivity index (χ3v) is 4.24. The van der Waals surface area contributed by atoms with Gasteiger partial charge in [-0.1, -0.05) is 12.1 Å². The smallest absolute Gasteiger partial charge is 0.246 e. The van der Waals surface area contributed by atoms with Gasteiger partial charge in [0.1, 0.15) is 0 Å². The Morgan fingerprint density at radius 2 is 1.92 bits per heavy atom. The van der Waals surface area contributed by atoms with E-state index in [1.165, 1.54) is 0 Å². The number of carbonyl (C=O) groups excluding carboxylic acids is 2. The minimum Gasteiger partial charge on any atom is -0.338 e. The lowest BCUT2D eigenvalue weighted by Gasteiger charge is -2.16. The van der Waals surface area contributed by atoms with Crippen LogP contribution in [0.5, 0.6) is 0 Å². The first kappa shape index (κ1) is 16.9. The van der Waals surface area contributed by atoms with Crippen molar-refractivity contribution in [1.29, 1.82) is 0 Å². The maximum Gasteiger partial charge on any atom is 0.246 e. The number of hydrogen-bond acceptors (Lipinski definition) is 3. The molecular weight excluding hydrogens is 314 g/mol. The van der Waals surface area contributed by atoms with Crippen molar-refractivity contribution in [3.63, 3.8) is 0 Å². The lowest BCUT2D eigenvalue weighted by molar-refractivity contribution is -0.125. The number of rotatable bonds is 5. The summed E-state index contributed by atoms with van der Waals surface area (Å²) in [4.78, 5) is 31.4. The van der Waals surface area contributed by atoms with E-state index in [1.807, 2.05) is 36.4 Å². The number of nitrogens with zero attached hydrogens (tertiary/aromatic N) is 3. The summed E-state index contributed by atoms with van der Waals surface area (Å²) in [6, 6.07) is 11.5. The van der Waals surface area contributed by atoms with Crippen molar-refractivity contribution in [2.45, 2.75) is 19.4 Å². The van der Waals surface area contributed by atoms with Gasteiger partial charge in [-0.05, 0) is 47.9 Å². The predicted octanol–water partition coefficient (Wildman–Crippen LogP) is 2.88. The molecule has 0 radical (unpaired) electrons. The Bertz CT molecular complexity index is 769. The predicted molar refractivity (Wildman–Crippen MR) is 97.8 cm³/mol. The third kappa shape index (κ3) is 4.32. The van der Waals surface area contributed by atoms with Crippen molar-refractivity contribution in [2.24, 2.45) is 0 Å². The van der Waals surface area contributed by atoms with E-state index in [9.17, 15) is 9.59 Å². The monoisotopic (exact) mass is 335 g/mol. The minimum atomic E-state index is -0.0596. The van der Waals surface area contributed by atoms with Crippen LogP contribution in [0.4, 0.5) is 5.69 Å². The normalized spacial score (nSPS) is 14.3. The van der Waals surface area contributed by atoms with E-state index in [2.05, 4.69) is 4.98 Å². The molecule has 1 saturated heterocycles. The zero-order chi connectivity index (χ0) is 17.6. The maximum atomic E-state index is 12.2. The van der Waals surface area contributed by atoms with E-state index in [-0.39, 0.29) is 11.8 Å².